The molecule has 78 valence electrons. The van der Waals surface area contributed by atoms with E-state index >= 15 is 0 Å². The number of imide groups is 1. The highest BCUT2D eigenvalue weighted by molar-refractivity contribution is 7.79. The molecular weight excluding hydrogens is 218 g/mol. The zero-order valence-corrected chi connectivity index (χ0v) is 8.58. The molecule has 15 heavy (non-hydrogen) atoms. The molecule has 1 aliphatic heterocycles. The van der Waals surface area contributed by atoms with E-state index in [1.54, 1.807) is 0 Å². The molecular formula is C9H7NO4S. The first-order valence-corrected chi connectivity index (χ1v) is 5.20. The van der Waals surface area contributed by atoms with Gasteiger partial charge in [-0.2, -0.15) is 0 Å². The van der Waals surface area contributed by atoms with Crippen LogP contribution in [0.5, 0.6) is 0 Å². The van der Waals surface area contributed by atoms with E-state index in [2.05, 4.69) is 0 Å². The summed E-state index contributed by atoms with van der Waals surface area (Å²) in [5.74, 6) is -0.826. The first kappa shape index (κ1) is 10.0. The van der Waals surface area contributed by atoms with E-state index in [1.165, 1.54) is 25.2 Å². The van der Waals surface area contributed by atoms with Crippen LogP contribution in [0.25, 0.3) is 0 Å². The van der Waals surface area contributed by atoms with E-state index in [-0.39, 0.29) is 21.9 Å². The first-order chi connectivity index (χ1) is 7.02. The van der Waals surface area contributed by atoms with Crippen LogP contribution >= 0.6 is 0 Å². The van der Waals surface area contributed by atoms with Crippen molar-refractivity contribution in [2.24, 2.45) is 0 Å². The zero-order valence-electron chi connectivity index (χ0n) is 7.76. The highest BCUT2D eigenvalue weighted by atomic mass is 32.2. The van der Waals surface area contributed by atoms with Gasteiger partial charge in [0.25, 0.3) is 11.8 Å². The molecule has 0 aromatic heterocycles. The first-order valence-electron chi connectivity index (χ1n) is 4.09. The van der Waals surface area contributed by atoms with Gasteiger partial charge in [-0.3, -0.25) is 14.5 Å². The highest BCUT2D eigenvalue weighted by Gasteiger charge is 2.32. The van der Waals surface area contributed by atoms with E-state index in [9.17, 15) is 13.8 Å². The lowest BCUT2D eigenvalue weighted by molar-refractivity contribution is 0.0693. The normalized spacial score (nSPS) is 16.8. The van der Waals surface area contributed by atoms with Crippen molar-refractivity contribution in [3.8, 4) is 0 Å². The molecule has 0 fully saturated rings. The van der Waals surface area contributed by atoms with Gasteiger partial charge in [0.05, 0.1) is 16.0 Å². The van der Waals surface area contributed by atoms with Gasteiger partial charge >= 0.3 is 0 Å². The van der Waals surface area contributed by atoms with Gasteiger partial charge in [0.15, 0.2) is 11.1 Å². The van der Waals surface area contributed by atoms with Gasteiger partial charge in [0.1, 0.15) is 0 Å². The maximum atomic E-state index is 11.5. The Hall–Kier alpha value is -1.53. The molecule has 6 heteroatoms. The standard InChI is InChI=1S/C9H7NO4S/c1-10-8(11)6-3-2-5(15(13)14)4-7(6)9(10)12/h2-4H,1H3,(H,13,14). The second-order valence-electron chi connectivity index (χ2n) is 3.13. The molecule has 2 rings (SSSR count). The number of amides is 2. The Balaban J connectivity index is 2.61. The second-order valence-corrected chi connectivity index (χ2v) is 4.10. The number of fused-ring (bicyclic) bond motifs is 1. The van der Waals surface area contributed by atoms with Crippen LogP contribution in [0.1, 0.15) is 20.7 Å². The minimum atomic E-state index is -2.14. The molecule has 0 aliphatic carbocycles. The Morgan fingerprint density at radius 3 is 2.40 bits per heavy atom. The van der Waals surface area contributed by atoms with E-state index in [4.69, 9.17) is 4.55 Å². The van der Waals surface area contributed by atoms with Crippen molar-refractivity contribution in [3.05, 3.63) is 29.3 Å². The summed E-state index contributed by atoms with van der Waals surface area (Å²) in [6, 6.07) is 4.02. The summed E-state index contributed by atoms with van der Waals surface area (Å²) in [6.07, 6.45) is 0. The van der Waals surface area contributed by atoms with Crippen molar-refractivity contribution in [2.75, 3.05) is 7.05 Å². The van der Waals surface area contributed by atoms with Crippen molar-refractivity contribution in [3.63, 3.8) is 0 Å². The molecule has 1 N–H and O–H groups in total. The van der Waals surface area contributed by atoms with Crippen molar-refractivity contribution >= 4 is 22.9 Å². The van der Waals surface area contributed by atoms with Crippen LogP contribution in [0.3, 0.4) is 0 Å². The van der Waals surface area contributed by atoms with Crippen LogP contribution in [0, 0.1) is 0 Å². The lowest BCUT2D eigenvalue weighted by Gasteiger charge is -2.02. The molecule has 0 saturated heterocycles. The Morgan fingerprint density at radius 1 is 1.20 bits per heavy atom. The largest absolute Gasteiger partial charge is 0.302 e. The maximum Gasteiger partial charge on any atom is 0.261 e. The van der Waals surface area contributed by atoms with Crippen LogP contribution in [0.15, 0.2) is 23.1 Å². The third-order valence-electron chi connectivity index (χ3n) is 2.26. The lowest BCUT2D eigenvalue weighted by Crippen LogP contribution is -2.24. The predicted molar refractivity (Wildman–Crippen MR) is 51.9 cm³/mol. The SMILES string of the molecule is CN1C(=O)c2ccc(S(=O)O)cc2C1=O. The van der Waals surface area contributed by atoms with E-state index in [0.29, 0.717) is 0 Å². The molecule has 0 spiro atoms. The minimum absolute atomic E-state index is 0.116. The van der Waals surface area contributed by atoms with E-state index in [1.807, 2.05) is 0 Å². The Kier molecular flexibility index (Phi) is 2.17. The molecule has 1 unspecified atom stereocenters. The molecule has 2 amide bonds. The van der Waals surface area contributed by atoms with Crippen molar-refractivity contribution < 1.29 is 18.4 Å². The third kappa shape index (κ3) is 1.38. The zero-order chi connectivity index (χ0) is 11.2. The monoisotopic (exact) mass is 225 g/mol. The number of hydrogen-bond donors (Lipinski definition) is 1. The number of carbonyl (C=O) groups excluding carboxylic acids is 2. The van der Waals surface area contributed by atoms with Crippen molar-refractivity contribution in [1.82, 2.24) is 4.90 Å². The smallest absolute Gasteiger partial charge is 0.261 e. The summed E-state index contributed by atoms with van der Waals surface area (Å²) in [6.45, 7) is 0. The Bertz CT molecular complexity index is 497. The fraction of sp³-hybridized carbons (Fsp3) is 0.111. The van der Waals surface area contributed by atoms with Crippen molar-refractivity contribution in [1.29, 1.82) is 0 Å². The number of rotatable bonds is 1. The summed E-state index contributed by atoms with van der Waals surface area (Å²) >= 11 is -2.14. The molecule has 1 aromatic rings. The number of hydrogen-bond acceptors (Lipinski definition) is 3. The maximum absolute atomic E-state index is 11.5. The lowest BCUT2D eigenvalue weighted by atomic mass is 10.1. The van der Waals surface area contributed by atoms with Gasteiger partial charge in [-0.25, -0.2) is 4.21 Å². The number of nitrogens with zero attached hydrogens (tertiary/aromatic N) is 1. The average Bonchev–Trinajstić information content (AvgIpc) is 2.44. The fourth-order valence-corrected chi connectivity index (χ4v) is 1.85. The Morgan fingerprint density at radius 2 is 1.80 bits per heavy atom. The second kappa shape index (κ2) is 3.25. The highest BCUT2D eigenvalue weighted by Crippen LogP contribution is 2.23. The topological polar surface area (TPSA) is 74.7 Å². The molecule has 1 aliphatic rings. The number of carbonyl (C=O) groups is 2. The summed E-state index contributed by atoms with van der Waals surface area (Å²) in [5, 5.41) is 0. The van der Waals surface area contributed by atoms with Crippen LogP contribution in [-0.2, 0) is 11.1 Å². The molecule has 1 aromatic carbocycles. The molecule has 0 bridgehead atoms. The quantitative estimate of drug-likeness (QED) is 0.557. The van der Waals surface area contributed by atoms with E-state index < -0.39 is 17.0 Å². The van der Waals surface area contributed by atoms with Crippen molar-refractivity contribution in [2.45, 2.75) is 4.90 Å². The summed E-state index contributed by atoms with van der Waals surface area (Å²) < 4.78 is 19.6. The van der Waals surface area contributed by atoms with Gasteiger partial charge in [-0.05, 0) is 18.2 Å². The van der Waals surface area contributed by atoms with Crippen LogP contribution in [0.2, 0.25) is 0 Å². The molecule has 0 saturated carbocycles. The summed E-state index contributed by atoms with van der Waals surface area (Å²) in [5.41, 5.74) is 0.458. The minimum Gasteiger partial charge on any atom is -0.302 e. The van der Waals surface area contributed by atoms with Gasteiger partial charge in [-0.1, -0.05) is 0 Å². The van der Waals surface area contributed by atoms with Crippen LogP contribution in [-0.4, -0.2) is 32.5 Å². The predicted octanol–water partition coefficient (Wildman–Crippen LogP) is 0.493. The van der Waals surface area contributed by atoms with Crippen LogP contribution < -0.4 is 0 Å². The van der Waals surface area contributed by atoms with Gasteiger partial charge in [0, 0.05) is 7.05 Å². The molecule has 1 heterocycles. The van der Waals surface area contributed by atoms with Gasteiger partial charge < -0.3 is 4.55 Å². The Labute approximate surface area is 88.0 Å². The summed E-state index contributed by atoms with van der Waals surface area (Å²) in [7, 11) is 1.38. The number of benzene rings is 1. The summed E-state index contributed by atoms with van der Waals surface area (Å²) in [4.78, 5) is 24.1. The molecule has 0 radical (unpaired) electrons. The van der Waals surface area contributed by atoms with Gasteiger partial charge in [-0.15, -0.1) is 0 Å². The molecule has 1 atom stereocenters. The van der Waals surface area contributed by atoms with Crippen LogP contribution in [0.4, 0.5) is 0 Å². The average molecular weight is 225 g/mol. The van der Waals surface area contributed by atoms with Gasteiger partial charge in [0.2, 0.25) is 0 Å². The fourth-order valence-electron chi connectivity index (χ4n) is 1.45. The third-order valence-corrected chi connectivity index (χ3v) is 2.92. The molecule has 5 nitrogen and oxygen atoms in total. The van der Waals surface area contributed by atoms with E-state index in [0.717, 1.165) is 4.90 Å².